The normalized spacial score (nSPS) is 10.6. The van der Waals surface area contributed by atoms with Crippen LogP contribution in [0.4, 0.5) is 5.69 Å². The Bertz CT molecular complexity index is 832. The topological polar surface area (TPSA) is 63.9 Å². The van der Waals surface area contributed by atoms with Gasteiger partial charge in [0.25, 0.3) is 0 Å². The maximum Gasteiger partial charge on any atom is 0.237 e. The number of amides is 1. The van der Waals surface area contributed by atoms with Crippen LogP contribution >= 0.6 is 11.8 Å². The third-order valence-electron chi connectivity index (χ3n) is 3.73. The molecular formula is C18H19N5OS. The number of rotatable bonds is 6. The molecule has 3 aromatic rings. The predicted molar refractivity (Wildman–Crippen MR) is 99.1 cm³/mol. The van der Waals surface area contributed by atoms with Crippen molar-refractivity contribution in [1.82, 2.24) is 20.2 Å². The largest absolute Gasteiger partial charge is 0.312 e. The van der Waals surface area contributed by atoms with Crippen LogP contribution < -0.4 is 4.90 Å². The highest BCUT2D eigenvalue weighted by molar-refractivity contribution is 7.99. The number of aromatic nitrogens is 4. The minimum atomic E-state index is 0.0251. The molecule has 0 N–H and O–H groups in total. The van der Waals surface area contributed by atoms with E-state index in [0.717, 1.165) is 11.4 Å². The molecule has 7 heteroatoms. The molecule has 2 aromatic carbocycles. The Kier molecular flexibility index (Phi) is 5.45. The number of hydrogen-bond acceptors (Lipinski definition) is 5. The molecule has 25 heavy (non-hydrogen) atoms. The molecule has 1 amide bonds. The lowest BCUT2D eigenvalue weighted by Gasteiger charge is -2.20. The van der Waals surface area contributed by atoms with E-state index < -0.39 is 0 Å². The monoisotopic (exact) mass is 353 g/mol. The van der Waals surface area contributed by atoms with Crippen molar-refractivity contribution in [3.8, 4) is 5.69 Å². The van der Waals surface area contributed by atoms with Gasteiger partial charge in [0.2, 0.25) is 11.1 Å². The molecule has 128 valence electrons. The van der Waals surface area contributed by atoms with E-state index in [1.165, 1.54) is 17.3 Å². The van der Waals surface area contributed by atoms with Crippen LogP contribution in [0.1, 0.15) is 12.5 Å². The Labute approximate surface area is 150 Å². The van der Waals surface area contributed by atoms with Crippen molar-refractivity contribution in [2.45, 2.75) is 19.0 Å². The highest BCUT2D eigenvalue weighted by atomic mass is 32.2. The van der Waals surface area contributed by atoms with Gasteiger partial charge in [-0.05, 0) is 48.5 Å². The molecular weight excluding hydrogens is 334 g/mol. The van der Waals surface area contributed by atoms with Gasteiger partial charge in [0.05, 0.1) is 11.4 Å². The first kappa shape index (κ1) is 17.2. The molecule has 0 aliphatic carbocycles. The number of para-hydroxylation sites is 1. The molecule has 0 spiro atoms. The number of nitrogens with zero attached hydrogens (tertiary/aromatic N) is 5. The maximum absolute atomic E-state index is 12.6. The van der Waals surface area contributed by atoms with Crippen LogP contribution in [0.25, 0.3) is 5.69 Å². The number of hydrogen-bond donors (Lipinski definition) is 0. The van der Waals surface area contributed by atoms with Gasteiger partial charge in [-0.3, -0.25) is 4.79 Å². The van der Waals surface area contributed by atoms with Crippen molar-refractivity contribution in [1.29, 1.82) is 0 Å². The molecule has 0 aliphatic heterocycles. The SMILES string of the molecule is CCN(C(=O)CSc1nnnn1-c1ccc(C)cc1)c1ccccc1. The molecule has 0 radical (unpaired) electrons. The van der Waals surface area contributed by atoms with Gasteiger partial charge in [-0.2, -0.15) is 4.68 Å². The van der Waals surface area contributed by atoms with Gasteiger partial charge >= 0.3 is 0 Å². The van der Waals surface area contributed by atoms with Gasteiger partial charge in [-0.1, -0.05) is 47.7 Å². The van der Waals surface area contributed by atoms with E-state index in [1.54, 1.807) is 9.58 Å². The fraction of sp³-hybridized carbons (Fsp3) is 0.222. The Balaban J connectivity index is 1.71. The number of tetrazole rings is 1. The van der Waals surface area contributed by atoms with Crippen molar-refractivity contribution in [2.24, 2.45) is 0 Å². The van der Waals surface area contributed by atoms with Gasteiger partial charge < -0.3 is 4.90 Å². The lowest BCUT2D eigenvalue weighted by molar-refractivity contribution is -0.116. The Hall–Kier alpha value is -2.67. The predicted octanol–water partition coefficient (Wildman–Crippen LogP) is 3.12. The standard InChI is InChI=1S/C18H19N5OS/c1-3-22(15-7-5-4-6-8-15)17(24)13-25-18-19-20-21-23(18)16-11-9-14(2)10-12-16/h4-12H,3,13H2,1-2H3. The first-order chi connectivity index (χ1) is 12.2. The molecule has 0 unspecified atom stereocenters. The van der Waals surface area contributed by atoms with E-state index in [4.69, 9.17) is 0 Å². The van der Waals surface area contributed by atoms with Crippen LogP contribution in [0.2, 0.25) is 0 Å². The van der Waals surface area contributed by atoms with Gasteiger partial charge in [0, 0.05) is 12.2 Å². The molecule has 1 aromatic heterocycles. The summed E-state index contributed by atoms with van der Waals surface area (Å²) in [6, 6.07) is 17.6. The molecule has 6 nitrogen and oxygen atoms in total. The van der Waals surface area contributed by atoms with Gasteiger partial charge in [0.15, 0.2) is 0 Å². The lowest BCUT2D eigenvalue weighted by Crippen LogP contribution is -2.32. The number of carbonyl (C=O) groups is 1. The molecule has 0 aliphatic rings. The van der Waals surface area contributed by atoms with E-state index in [-0.39, 0.29) is 11.7 Å². The summed E-state index contributed by atoms with van der Waals surface area (Å²) >= 11 is 1.33. The second-order valence-electron chi connectivity index (χ2n) is 5.47. The molecule has 0 fully saturated rings. The fourth-order valence-corrected chi connectivity index (χ4v) is 3.20. The molecule has 1 heterocycles. The summed E-state index contributed by atoms with van der Waals surface area (Å²) in [7, 11) is 0. The van der Waals surface area contributed by atoms with E-state index in [0.29, 0.717) is 11.7 Å². The van der Waals surface area contributed by atoms with Gasteiger partial charge in [-0.25, -0.2) is 0 Å². The van der Waals surface area contributed by atoms with Crippen LogP contribution in [0.15, 0.2) is 59.8 Å². The van der Waals surface area contributed by atoms with E-state index in [2.05, 4.69) is 15.5 Å². The number of anilines is 1. The fourth-order valence-electron chi connectivity index (χ4n) is 2.43. The van der Waals surface area contributed by atoms with Crippen molar-refractivity contribution in [3.63, 3.8) is 0 Å². The average molecular weight is 353 g/mol. The van der Waals surface area contributed by atoms with Crippen molar-refractivity contribution in [2.75, 3.05) is 17.2 Å². The van der Waals surface area contributed by atoms with E-state index in [9.17, 15) is 4.79 Å². The zero-order valence-electron chi connectivity index (χ0n) is 14.2. The maximum atomic E-state index is 12.6. The quantitative estimate of drug-likeness (QED) is 0.637. The highest BCUT2D eigenvalue weighted by Gasteiger charge is 2.16. The van der Waals surface area contributed by atoms with Crippen LogP contribution in [-0.2, 0) is 4.79 Å². The average Bonchev–Trinajstić information content (AvgIpc) is 3.11. The molecule has 0 bridgehead atoms. The Morgan fingerprint density at radius 2 is 1.84 bits per heavy atom. The Morgan fingerprint density at radius 3 is 2.52 bits per heavy atom. The van der Waals surface area contributed by atoms with Gasteiger partial charge in [0.1, 0.15) is 0 Å². The lowest BCUT2D eigenvalue weighted by atomic mass is 10.2. The molecule has 3 rings (SSSR count). The second-order valence-corrected chi connectivity index (χ2v) is 6.41. The summed E-state index contributed by atoms with van der Waals surface area (Å²) in [5.74, 6) is 0.298. The van der Waals surface area contributed by atoms with E-state index >= 15 is 0 Å². The molecule has 0 saturated heterocycles. The van der Waals surface area contributed by atoms with Crippen molar-refractivity contribution < 1.29 is 4.79 Å². The zero-order chi connectivity index (χ0) is 17.6. The first-order valence-electron chi connectivity index (χ1n) is 8.02. The third-order valence-corrected chi connectivity index (χ3v) is 4.63. The molecule has 0 saturated carbocycles. The highest BCUT2D eigenvalue weighted by Crippen LogP contribution is 2.21. The zero-order valence-corrected chi connectivity index (χ0v) is 15.0. The summed E-state index contributed by atoms with van der Waals surface area (Å²) < 4.78 is 1.65. The van der Waals surface area contributed by atoms with E-state index in [1.807, 2.05) is 68.4 Å². The number of aryl methyl sites for hydroxylation is 1. The third kappa shape index (κ3) is 4.06. The van der Waals surface area contributed by atoms with Crippen LogP contribution in [0.5, 0.6) is 0 Å². The summed E-state index contributed by atoms with van der Waals surface area (Å²) in [6.45, 7) is 4.61. The number of carbonyl (C=O) groups excluding carboxylic acids is 1. The summed E-state index contributed by atoms with van der Waals surface area (Å²) in [5, 5.41) is 12.4. The number of thioether (sulfide) groups is 1. The number of benzene rings is 2. The Morgan fingerprint density at radius 1 is 1.12 bits per heavy atom. The summed E-state index contributed by atoms with van der Waals surface area (Å²) in [4.78, 5) is 14.3. The summed E-state index contributed by atoms with van der Waals surface area (Å²) in [5.41, 5.74) is 2.94. The smallest absolute Gasteiger partial charge is 0.237 e. The molecule has 0 atom stereocenters. The van der Waals surface area contributed by atoms with Crippen LogP contribution in [0, 0.1) is 6.92 Å². The summed E-state index contributed by atoms with van der Waals surface area (Å²) in [6.07, 6.45) is 0. The van der Waals surface area contributed by atoms with Crippen LogP contribution in [0.3, 0.4) is 0 Å². The minimum absolute atomic E-state index is 0.0251. The van der Waals surface area contributed by atoms with Crippen molar-refractivity contribution in [3.05, 3.63) is 60.2 Å². The second kappa shape index (κ2) is 7.94. The van der Waals surface area contributed by atoms with Crippen molar-refractivity contribution >= 4 is 23.4 Å². The minimum Gasteiger partial charge on any atom is -0.312 e. The first-order valence-corrected chi connectivity index (χ1v) is 9.01. The van der Waals surface area contributed by atoms with Crippen LogP contribution in [-0.4, -0.2) is 38.4 Å². The van der Waals surface area contributed by atoms with Gasteiger partial charge in [-0.15, -0.1) is 5.10 Å².